The summed E-state index contributed by atoms with van der Waals surface area (Å²) in [6.07, 6.45) is 1.60. The second-order valence-electron chi connectivity index (χ2n) is 6.29. The number of nitrogens with zero attached hydrogens (tertiary/aromatic N) is 2. The third-order valence-electron chi connectivity index (χ3n) is 4.43. The largest absolute Gasteiger partial charge is 0.346 e. The van der Waals surface area contributed by atoms with E-state index in [2.05, 4.69) is 11.1 Å². The number of rotatable bonds is 2. The molecule has 1 N–H and O–H groups in total. The van der Waals surface area contributed by atoms with E-state index in [0.717, 1.165) is 27.3 Å². The van der Waals surface area contributed by atoms with Crippen molar-refractivity contribution in [1.82, 2.24) is 9.97 Å². The maximum absolute atomic E-state index is 12.3. The first-order valence-electron chi connectivity index (χ1n) is 8.28. The molecular weight excluding hydrogens is 378 g/mol. The van der Waals surface area contributed by atoms with Crippen LogP contribution in [0.4, 0.5) is 0 Å². The number of aromatic amines is 1. The van der Waals surface area contributed by atoms with Crippen molar-refractivity contribution in [2.45, 2.75) is 13.8 Å². The number of halogens is 1. The fraction of sp³-hybridized carbons (Fsp3) is 0.0952. The van der Waals surface area contributed by atoms with Crippen LogP contribution in [-0.4, -0.2) is 9.97 Å². The number of hydrogen-bond acceptors (Lipinski definition) is 4. The highest BCUT2D eigenvalue weighted by atomic mass is 35.5. The lowest BCUT2D eigenvalue weighted by molar-refractivity contribution is 1.28. The van der Waals surface area contributed by atoms with Crippen molar-refractivity contribution in [3.8, 4) is 27.8 Å². The number of hydrogen-bond donors (Lipinski definition) is 1. The second kappa shape index (κ2) is 6.66. The van der Waals surface area contributed by atoms with Gasteiger partial charge in [0.05, 0.1) is 26.5 Å². The predicted octanol–water partition coefficient (Wildman–Crippen LogP) is 5.46. The van der Waals surface area contributed by atoms with Gasteiger partial charge in [-0.1, -0.05) is 11.6 Å². The van der Waals surface area contributed by atoms with Gasteiger partial charge < -0.3 is 4.98 Å². The van der Waals surface area contributed by atoms with E-state index in [-0.39, 0.29) is 5.43 Å². The highest BCUT2D eigenvalue weighted by molar-refractivity contribution is 7.15. The SMILES string of the molecule is Cc1ccc(-c2nc3[nH]ccc(=O)c3cc2-c2cc(C)c(C#N)c(Cl)c2)s1. The van der Waals surface area contributed by atoms with E-state index in [9.17, 15) is 10.1 Å². The molecule has 27 heavy (non-hydrogen) atoms. The maximum atomic E-state index is 12.3. The third kappa shape index (κ3) is 3.03. The number of aryl methyl sites for hydroxylation is 2. The zero-order valence-electron chi connectivity index (χ0n) is 14.6. The van der Waals surface area contributed by atoms with Crippen molar-refractivity contribution in [2.24, 2.45) is 0 Å². The third-order valence-corrected chi connectivity index (χ3v) is 5.73. The van der Waals surface area contributed by atoms with Crippen molar-refractivity contribution in [1.29, 1.82) is 5.26 Å². The summed E-state index contributed by atoms with van der Waals surface area (Å²) >= 11 is 7.97. The van der Waals surface area contributed by atoms with Crippen molar-refractivity contribution < 1.29 is 0 Å². The normalized spacial score (nSPS) is 10.9. The summed E-state index contributed by atoms with van der Waals surface area (Å²) in [5.74, 6) is 0. The van der Waals surface area contributed by atoms with Gasteiger partial charge in [-0.2, -0.15) is 5.26 Å². The minimum Gasteiger partial charge on any atom is -0.346 e. The number of pyridine rings is 2. The summed E-state index contributed by atoms with van der Waals surface area (Å²) in [5.41, 5.74) is 4.12. The Morgan fingerprint density at radius 3 is 2.67 bits per heavy atom. The number of nitrogens with one attached hydrogen (secondary N) is 1. The van der Waals surface area contributed by atoms with Crippen LogP contribution >= 0.6 is 22.9 Å². The van der Waals surface area contributed by atoms with Crippen LogP contribution in [-0.2, 0) is 0 Å². The molecule has 4 nitrogen and oxygen atoms in total. The number of benzene rings is 1. The lowest BCUT2D eigenvalue weighted by Crippen LogP contribution is -2.03. The van der Waals surface area contributed by atoms with Gasteiger partial charge in [-0.25, -0.2) is 4.98 Å². The summed E-state index contributed by atoms with van der Waals surface area (Å²) < 4.78 is 0. The Morgan fingerprint density at radius 2 is 2.00 bits per heavy atom. The first kappa shape index (κ1) is 17.5. The monoisotopic (exact) mass is 391 g/mol. The average molecular weight is 392 g/mol. The Morgan fingerprint density at radius 1 is 1.19 bits per heavy atom. The van der Waals surface area contributed by atoms with E-state index in [4.69, 9.17) is 16.6 Å². The van der Waals surface area contributed by atoms with Gasteiger partial charge in [0.15, 0.2) is 5.43 Å². The molecule has 0 fully saturated rings. The van der Waals surface area contributed by atoms with Crippen LogP contribution < -0.4 is 5.43 Å². The smallest absolute Gasteiger partial charge is 0.191 e. The molecule has 6 heteroatoms. The second-order valence-corrected chi connectivity index (χ2v) is 7.99. The van der Waals surface area contributed by atoms with Crippen LogP contribution in [0.2, 0.25) is 5.02 Å². The van der Waals surface area contributed by atoms with Gasteiger partial charge in [-0.15, -0.1) is 11.3 Å². The van der Waals surface area contributed by atoms with Crippen molar-refractivity contribution in [3.05, 3.63) is 73.8 Å². The van der Waals surface area contributed by atoms with Crippen LogP contribution in [0, 0.1) is 25.2 Å². The highest BCUT2D eigenvalue weighted by Gasteiger charge is 2.16. The summed E-state index contributed by atoms with van der Waals surface area (Å²) in [4.78, 5) is 22.3. The van der Waals surface area contributed by atoms with E-state index < -0.39 is 0 Å². The Hall–Kier alpha value is -2.94. The lowest BCUT2D eigenvalue weighted by atomic mass is 9.97. The molecule has 0 atom stereocenters. The lowest BCUT2D eigenvalue weighted by Gasteiger charge is -2.12. The minimum atomic E-state index is -0.0946. The summed E-state index contributed by atoms with van der Waals surface area (Å²) in [6, 6.07) is 13.2. The Kier molecular flexibility index (Phi) is 4.31. The standard InChI is InChI=1S/C21H14ClN3OS/c1-11-7-13(8-17(22)16(11)10-23)14-9-15-18(26)5-6-24-21(15)25-20(14)19-4-3-12(2)27-19/h3-9H,1-2H3,(H,24,25,26). The number of nitriles is 1. The van der Waals surface area contributed by atoms with Gasteiger partial charge in [0.25, 0.3) is 0 Å². The summed E-state index contributed by atoms with van der Waals surface area (Å²) in [6.45, 7) is 3.89. The van der Waals surface area contributed by atoms with E-state index in [0.29, 0.717) is 21.6 Å². The Labute approximate surface area is 164 Å². The molecule has 3 aromatic heterocycles. The molecule has 0 aliphatic rings. The van der Waals surface area contributed by atoms with Crippen LogP contribution in [0.3, 0.4) is 0 Å². The molecule has 0 spiro atoms. The summed E-state index contributed by atoms with van der Waals surface area (Å²) in [7, 11) is 0. The molecule has 4 rings (SSSR count). The minimum absolute atomic E-state index is 0.0946. The van der Waals surface area contributed by atoms with Crippen LogP contribution in [0.1, 0.15) is 16.0 Å². The molecule has 0 aliphatic carbocycles. The topological polar surface area (TPSA) is 69.5 Å². The molecule has 132 valence electrons. The quantitative estimate of drug-likeness (QED) is 0.493. The van der Waals surface area contributed by atoms with Crippen LogP contribution in [0.15, 0.2) is 47.4 Å². The number of thiophene rings is 1. The zero-order valence-corrected chi connectivity index (χ0v) is 16.2. The fourth-order valence-electron chi connectivity index (χ4n) is 3.11. The Bertz CT molecular complexity index is 1270. The van der Waals surface area contributed by atoms with E-state index in [1.807, 2.05) is 38.1 Å². The molecule has 0 bridgehead atoms. The van der Waals surface area contributed by atoms with E-state index >= 15 is 0 Å². The molecular formula is C21H14ClN3OS. The van der Waals surface area contributed by atoms with Gasteiger partial charge in [0.1, 0.15) is 11.7 Å². The van der Waals surface area contributed by atoms with Gasteiger partial charge in [-0.3, -0.25) is 4.79 Å². The number of H-pyrrole nitrogens is 1. The highest BCUT2D eigenvalue weighted by Crippen LogP contribution is 2.37. The molecule has 0 unspecified atom stereocenters. The molecule has 0 aliphatic heterocycles. The molecule has 0 amide bonds. The molecule has 4 aromatic rings. The molecule has 0 saturated heterocycles. The maximum Gasteiger partial charge on any atom is 0.191 e. The van der Waals surface area contributed by atoms with Crippen LogP contribution in [0.25, 0.3) is 32.7 Å². The fourth-order valence-corrected chi connectivity index (χ4v) is 4.29. The first-order valence-corrected chi connectivity index (χ1v) is 9.47. The Balaban J connectivity index is 2.08. The molecule has 0 saturated carbocycles. The van der Waals surface area contributed by atoms with Gasteiger partial charge >= 0.3 is 0 Å². The van der Waals surface area contributed by atoms with Gasteiger partial charge in [0.2, 0.25) is 0 Å². The van der Waals surface area contributed by atoms with Gasteiger partial charge in [0, 0.05) is 22.7 Å². The zero-order chi connectivity index (χ0) is 19.1. The number of fused-ring (bicyclic) bond motifs is 1. The molecule has 0 radical (unpaired) electrons. The summed E-state index contributed by atoms with van der Waals surface area (Å²) in [5, 5.41) is 10.2. The average Bonchev–Trinajstić information content (AvgIpc) is 3.07. The number of aromatic nitrogens is 2. The molecule has 1 aromatic carbocycles. The predicted molar refractivity (Wildman–Crippen MR) is 110 cm³/mol. The van der Waals surface area contributed by atoms with E-state index in [1.54, 1.807) is 23.6 Å². The van der Waals surface area contributed by atoms with E-state index in [1.165, 1.54) is 10.9 Å². The van der Waals surface area contributed by atoms with Crippen molar-refractivity contribution >= 4 is 34.0 Å². The van der Waals surface area contributed by atoms with Crippen molar-refractivity contribution in [2.75, 3.05) is 0 Å². The van der Waals surface area contributed by atoms with Crippen molar-refractivity contribution in [3.63, 3.8) is 0 Å². The molecule has 3 heterocycles. The van der Waals surface area contributed by atoms with Gasteiger partial charge in [-0.05, 0) is 55.3 Å². The van der Waals surface area contributed by atoms with Crippen LogP contribution in [0.5, 0.6) is 0 Å². The first-order chi connectivity index (χ1) is 13.0.